The molecule has 12 heavy (non-hydrogen) atoms. The molecule has 0 saturated carbocycles. The predicted octanol–water partition coefficient (Wildman–Crippen LogP) is 1.08. The Labute approximate surface area is 69.5 Å². The lowest BCUT2D eigenvalue weighted by Gasteiger charge is -1.98. The van der Waals surface area contributed by atoms with E-state index >= 15 is 0 Å². The molecule has 0 aliphatic carbocycles. The molecule has 4 nitrogen and oxygen atoms in total. The van der Waals surface area contributed by atoms with Crippen LogP contribution < -0.4 is 0 Å². The molecule has 0 fully saturated rings. The Morgan fingerprint density at radius 3 is 2.17 bits per heavy atom. The van der Waals surface area contributed by atoms with E-state index in [0.29, 0.717) is 0 Å². The van der Waals surface area contributed by atoms with Gasteiger partial charge in [-0.3, -0.25) is 0 Å². The number of carboxylic acid groups (broad SMARTS) is 2. The number of rotatable bonds is 2. The molecule has 0 aromatic heterocycles. The van der Waals surface area contributed by atoms with Crippen LogP contribution in [0, 0.1) is 0 Å². The number of carboxylic acids is 2. The minimum Gasteiger partial charge on any atom is -0.478 e. The van der Waals surface area contributed by atoms with Crippen molar-refractivity contribution >= 4 is 11.9 Å². The molecular weight excluding hydrogens is 160 g/mol. The maximum absolute atomic E-state index is 10.6. The van der Waals surface area contributed by atoms with Crippen LogP contribution in [0.1, 0.15) is 22.1 Å². The normalized spacial score (nSPS) is 10.5. The van der Waals surface area contributed by atoms with Crippen molar-refractivity contribution < 1.29 is 21.2 Å². The zero-order valence-electron chi connectivity index (χ0n) is 6.94. The molecule has 62 valence electrons. The Balaban J connectivity index is 3.43. The van der Waals surface area contributed by atoms with Crippen molar-refractivity contribution in [2.45, 2.75) is 0 Å². The van der Waals surface area contributed by atoms with Crippen LogP contribution in [0.15, 0.2) is 24.2 Å². The molecule has 0 aliphatic heterocycles. The topological polar surface area (TPSA) is 74.6 Å². The molecule has 1 aromatic rings. The van der Waals surface area contributed by atoms with Crippen molar-refractivity contribution in [1.82, 2.24) is 0 Å². The Morgan fingerprint density at radius 2 is 1.75 bits per heavy atom. The third kappa shape index (κ3) is 1.42. The van der Waals surface area contributed by atoms with Crippen LogP contribution in [0.25, 0.3) is 0 Å². The number of aromatic carboxylic acids is 2. The van der Waals surface area contributed by atoms with Crippen LogP contribution in [0.2, 0.25) is 0 Å². The lowest BCUT2D eigenvalue weighted by molar-refractivity contribution is 0.0651. The van der Waals surface area contributed by atoms with Gasteiger partial charge >= 0.3 is 11.9 Å². The van der Waals surface area contributed by atoms with Gasteiger partial charge in [-0.15, -0.1) is 0 Å². The van der Waals surface area contributed by atoms with E-state index in [-0.39, 0.29) is 11.6 Å². The van der Waals surface area contributed by atoms with Crippen molar-refractivity contribution in [3.8, 4) is 0 Å². The summed E-state index contributed by atoms with van der Waals surface area (Å²) in [6.07, 6.45) is 0. The second-order valence-electron chi connectivity index (χ2n) is 2.07. The predicted molar refractivity (Wildman–Crippen MR) is 40.4 cm³/mol. The zero-order chi connectivity index (χ0) is 10.0. The summed E-state index contributed by atoms with van der Waals surface area (Å²) in [6, 6.07) is 3.42. The van der Waals surface area contributed by atoms with Gasteiger partial charge in [-0.05, 0) is 12.1 Å². The number of hydrogen-bond acceptors (Lipinski definition) is 2. The Morgan fingerprint density at radius 1 is 1.17 bits per heavy atom. The van der Waals surface area contributed by atoms with E-state index in [2.05, 4.69) is 0 Å². The van der Waals surface area contributed by atoms with Gasteiger partial charge in [0.2, 0.25) is 0 Å². The van der Waals surface area contributed by atoms with Gasteiger partial charge in [-0.1, -0.05) is 12.1 Å². The summed E-state index contributed by atoms with van der Waals surface area (Å²) in [4.78, 5) is 21.1. The molecule has 0 bridgehead atoms. The van der Waals surface area contributed by atoms with Crippen LogP contribution in [0.5, 0.6) is 0 Å². The van der Waals surface area contributed by atoms with Gasteiger partial charge in [-0.2, -0.15) is 0 Å². The minimum absolute atomic E-state index is 0.299. The molecule has 0 radical (unpaired) electrons. The fourth-order valence-corrected chi connectivity index (χ4v) is 0.792. The van der Waals surface area contributed by atoms with Gasteiger partial charge in [0.25, 0.3) is 0 Å². The van der Waals surface area contributed by atoms with Gasteiger partial charge in [0, 0.05) is 0 Å². The van der Waals surface area contributed by atoms with Crippen LogP contribution in [0.3, 0.4) is 0 Å². The highest BCUT2D eigenvalue weighted by Crippen LogP contribution is 2.07. The Hall–Kier alpha value is -1.84. The molecule has 0 amide bonds. The van der Waals surface area contributed by atoms with Gasteiger partial charge in [-0.25, -0.2) is 9.59 Å². The molecular formula is C8H6O4. The fraction of sp³-hybridized carbons (Fsp3) is 0. The molecule has 1 rings (SSSR count). The summed E-state index contributed by atoms with van der Waals surface area (Å²) in [7, 11) is 0. The SMILES string of the molecule is [2H]c1cccc(C(=O)O)c1C(=O)O. The molecule has 0 saturated heterocycles. The summed E-state index contributed by atoms with van der Waals surface area (Å²) in [5, 5.41) is 17.2. The summed E-state index contributed by atoms with van der Waals surface area (Å²) in [6.45, 7) is 0. The van der Waals surface area contributed by atoms with Crippen LogP contribution in [-0.4, -0.2) is 22.2 Å². The zero-order valence-corrected chi connectivity index (χ0v) is 5.94. The molecule has 0 atom stereocenters. The maximum atomic E-state index is 10.6. The lowest BCUT2D eigenvalue weighted by Crippen LogP contribution is -2.06. The van der Waals surface area contributed by atoms with Crippen LogP contribution in [-0.2, 0) is 0 Å². The van der Waals surface area contributed by atoms with E-state index in [4.69, 9.17) is 11.6 Å². The lowest BCUT2D eigenvalue weighted by atomic mass is 10.1. The first-order chi connectivity index (χ1) is 6.04. The van der Waals surface area contributed by atoms with Gasteiger partial charge in [0.15, 0.2) is 0 Å². The van der Waals surface area contributed by atoms with Gasteiger partial charge < -0.3 is 10.2 Å². The molecule has 4 heteroatoms. The molecule has 1 aromatic carbocycles. The minimum atomic E-state index is -1.40. The Bertz CT molecular complexity index is 372. The van der Waals surface area contributed by atoms with E-state index in [0.717, 1.165) is 6.07 Å². The average molecular weight is 167 g/mol. The standard InChI is InChI=1S/C8H6O4/c9-7(10)5-3-1-2-4-6(5)8(11)12/h1-4H,(H,9,10)(H,11,12)/i3D. The highest BCUT2D eigenvalue weighted by molar-refractivity contribution is 6.01. The number of benzene rings is 1. The first kappa shape index (κ1) is 6.84. The summed E-state index contributed by atoms with van der Waals surface area (Å²) in [5.74, 6) is -2.74. The van der Waals surface area contributed by atoms with Crippen LogP contribution in [0.4, 0.5) is 0 Å². The molecule has 0 aliphatic rings. The average Bonchev–Trinajstić information content (AvgIpc) is 2.02. The van der Waals surface area contributed by atoms with E-state index in [9.17, 15) is 9.59 Å². The Kier molecular flexibility index (Phi) is 1.74. The summed E-state index contributed by atoms with van der Waals surface area (Å²) in [5.41, 5.74) is -0.838. The largest absolute Gasteiger partial charge is 0.478 e. The molecule has 0 heterocycles. The maximum Gasteiger partial charge on any atom is 0.336 e. The second kappa shape index (κ2) is 3.04. The summed E-state index contributed by atoms with van der Waals surface area (Å²) < 4.78 is 7.19. The van der Waals surface area contributed by atoms with Crippen molar-refractivity contribution in [1.29, 1.82) is 0 Å². The van der Waals surface area contributed by atoms with Crippen LogP contribution >= 0.6 is 0 Å². The van der Waals surface area contributed by atoms with Gasteiger partial charge in [0.05, 0.1) is 12.5 Å². The molecule has 0 unspecified atom stereocenters. The molecule has 0 spiro atoms. The fourth-order valence-electron chi connectivity index (χ4n) is 0.792. The number of hydrogen-bond donors (Lipinski definition) is 2. The van der Waals surface area contributed by atoms with Crippen molar-refractivity contribution in [3.05, 3.63) is 35.4 Å². The third-order valence-corrected chi connectivity index (χ3v) is 1.30. The monoisotopic (exact) mass is 167 g/mol. The van der Waals surface area contributed by atoms with E-state index in [1.54, 1.807) is 0 Å². The van der Waals surface area contributed by atoms with Crippen molar-refractivity contribution in [2.75, 3.05) is 0 Å². The van der Waals surface area contributed by atoms with Crippen molar-refractivity contribution in [3.63, 3.8) is 0 Å². The first-order valence-corrected chi connectivity index (χ1v) is 3.10. The van der Waals surface area contributed by atoms with E-state index in [1.165, 1.54) is 12.1 Å². The smallest absolute Gasteiger partial charge is 0.336 e. The highest BCUT2D eigenvalue weighted by Gasteiger charge is 2.13. The third-order valence-electron chi connectivity index (χ3n) is 1.30. The van der Waals surface area contributed by atoms with E-state index in [1.807, 2.05) is 0 Å². The highest BCUT2D eigenvalue weighted by atomic mass is 16.4. The number of carbonyl (C=O) groups is 2. The molecule has 2 N–H and O–H groups in total. The first-order valence-electron chi connectivity index (χ1n) is 3.60. The van der Waals surface area contributed by atoms with E-state index < -0.39 is 17.5 Å². The quantitative estimate of drug-likeness (QED) is 0.691. The van der Waals surface area contributed by atoms with Crippen molar-refractivity contribution in [2.24, 2.45) is 0 Å². The van der Waals surface area contributed by atoms with Gasteiger partial charge in [0.1, 0.15) is 0 Å². The second-order valence-corrected chi connectivity index (χ2v) is 2.07. The summed E-state index contributed by atoms with van der Waals surface area (Å²) >= 11 is 0.